The number of carbonyl (C=O) groups excluding carboxylic acids is 3. The number of methoxy groups -OCH3 is 1. The molecule has 0 spiro atoms. The molecular weight excluding hydrogens is 288 g/mol. The summed E-state index contributed by atoms with van der Waals surface area (Å²) < 4.78 is 9.60. The normalized spacial score (nSPS) is 19.4. The summed E-state index contributed by atoms with van der Waals surface area (Å²) in [5.74, 6) is -1.09. The summed E-state index contributed by atoms with van der Waals surface area (Å²) in [5, 5.41) is 2.61. The smallest absolute Gasteiger partial charge is 0.328 e. The van der Waals surface area contributed by atoms with Crippen LogP contribution < -0.4 is 5.32 Å². The average Bonchev–Trinajstić information content (AvgIpc) is 3.07. The molecule has 2 rings (SSSR count). The topological polar surface area (TPSA) is 88.9 Å². The number of rotatable bonds is 4. The van der Waals surface area contributed by atoms with E-state index >= 15 is 0 Å². The molecule has 1 fully saturated rings. The lowest BCUT2D eigenvalue weighted by Crippen LogP contribution is -2.54. The molecule has 0 aliphatic carbocycles. The summed E-state index contributed by atoms with van der Waals surface area (Å²) >= 11 is 0. The minimum absolute atomic E-state index is 0.285. The van der Waals surface area contributed by atoms with Crippen LogP contribution in [-0.2, 0) is 14.3 Å². The van der Waals surface area contributed by atoms with Crippen molar-refractivity contribution in [1.29, 1.82) is 0 Å². The standard InChI is InChI=1S/C15H20N2O5/c1-10(16-13(18)11-6-8-22-9-11)14(19)17-7-4-3-5-12(17)15(20)21-2/h6,8-10,12H,3-5,7H2,1-2H3,(H,16,18)/t10-,12-/m0/s1. The van der Waals surface area contributed by atoms with Gasteiger partial charge in [0.2, 0.25) is 5.91 Å². The molecule has 7 heteroatoms. The number of carbonyl (C=O) groups is 3. The van der Waals surface area contributed by atoms with E-state index in [0.717, 1.165) is 12.8 Å². The van der Waals surface area contributed by atoms with Gasteiger partial charge >= 0.3 is 5.97 Å². The van der Waals surface area contributed by atoms with E-state index in [1.807, 2.05) is 0 Å². The Hall–Kier alpha value is -2.31. The Kier molecular flexibility index (Phi) is 5.19. The lowest BCUT2D eigenvalue weighted by atomic mass is 10.0. The van der Waals surface area contributed by atoms with Crippen LogP contribution in [-0.4, -0.2) is 48.4 Å². The highest BCUT2D eigenvalue weighted by molar-refractivity contribution is 5.97. The number of likely N-dealkylation sites (tertiary alicyclic amines) is 1. The van der Waals surface area contributed by atoms with Crippen molar-refractivity contribution >= 4 is 17.8 Å². The molecule has 2 atom stereocenters. The highest BCUT2D eigenvalue weighted by Crippen LogP contribution is 2.19. The van der Waals surface area contributed by atoms with E-state index < -0.39 is 18.1 Å². The van der Waals surface area contributed by atoms with Gasteiger partial charge in [0, 0.05) is 6.54 Å². The molecule has 1 aliphatic heterocycles. The largest absolute Gasteiger partial charge is 0.472 e. The number of hydrogen-bond acceptors (Lipinski definition) is 5. The van der Waals surface area contributed by atoms with Crippen molar-refractivity contribution in [2.45, 2.75) is 38.3 Å². The SMILES string of the molecule is COC(=O)[C@@H]1CCCCN1C(=O)[C@H](C)NC(=O)c1ccoc1. The summed E-state index contributed by atoms with van der Waals surface area (Å²) in [5.41, 5.74) is 0.350. The lowest BCUT2D eigenvalue weighted by Gasteiger charge is -2.35. The van der Waals surface area contributed by atoms with Gasteiger partial charge in [-0.1, -0.05) is 0 Å². The van der Waals surface area contributed by atoms with Gasteiger partial charge in [-0.05, 0) is 32.3 Å². The number of nitrogens with one attached hydrogen (secondary N) is 1. The number of furan rings is 1. The molecule has 1 aromatic heterocycles. The zero-order chi connectivity index (χ0) is 16.1. The fraction of sp³-hybridized carbons (Fsp3) is 0.533. The number of piperidine rings is 1. The van der Waals surface area contributed by atoms with E-state index in [4.69, 9.17) is 9.15 Å². The van der Waals surface area contributed by atoms with Gasteiger partial charge in [0.15, 0.2) is 0 Å². The fourth-order valence-corrected chi connectivity index (χ4v) is 2.56. The van der Waals surface area contributed by atoms with Crippen molar-refractivity contribution in [1.82, 2.24) is 10.2 Å². The molecule has 7 nitrogen and oxygen atoms in total. The second-order valence-corrected chi connectivity index (χ2v) is 5.27. The predicted octanol–water partition coefficient (Wildman–Crippen LogP) is 0.952. The van der Waals surface area contributed by atoms with Gasteiger partial charge in [-0.3, -0.25) is 9.59 Å². The fourth-order valence-electron chi connectivity index (χ4n) is 2.56. The highest BCUT2D eigenvalue weighted by Gasteiger charge is 2.35. The molecule has 0 unspecified atom stereocenters. The van der Waals surface area contributed by atoms with Gasteiger partial charge in [0.25, 0.3) is 5.91 Å². The molecule has 0 saturated carbocycles. The maximum Gasteiger partial charge on any atom is 0.328 e. The quantitative estimate of drug-likeness (QED) is 0.837. The zero-order valence-electron chi connectivity index (χ0n) is 12.7. The molecule has 1 aliphatic rings. The average molecular weight is 308 g/mol. The summed E-state index contributed by atoms with van der Waals surface area (Å²) in [7, 11) is 1.31. The van der Waals surface area contributed by atoms with E-state index in [0.29, 0.717) is 18.5 Å². The van der Waals surface area contributed by atoms with Crippen LogP contribution in [0.5, 0.6) is 0 Å². The molecule has 1 saturated heterocycles. The summed E-state index contributed by atoms with van der Waals surface area (Å²) in [4.78, 5) is 37.7. The van der Waals surface area contributed by atoms with Crippen molar-refractivity contribution < 1.29 is 23.5 Å². The first kappa shape index (κ1) is 16.1. The first-order valence-electron chi connectivity index (χ1n) is 7.26. The number of nitrogens with zero attached hydrogens (tertiary/aromatic N) is 1. The van der Waals surface area contributed by atoms with Crippen LogP contribution in [0, 0.1) is 0 Å². The van der Waals surface area contributed by atoms with Gasteiger partial charge in [-0.15, -0.1) is 0 Å². The summed E-state index contributed by atoms with van der Waals surface area (Å²) in [6, 6.07) is 0.220. The van der Waals surface area contributed by atoms with E-state index in [1.165, 1.54) is 30.6 Å². The van der Waals surface area contributed by atoms with Crippen molar-refractivity contribution in [3.63, 3.8) is 0 Å². The van der Waals surface area contributed by atoms with E-state index in [9.17, 15) is 14.4 Å². The highest BCUT2D eigenvalue weighted by atomic mass is 16.5. The lowest BCUT2D eigenvalue weighted by molar-refractivity contribution is -0.155. The Labute approximate surface area is 128 Å². The van der Waals surface area contributed by atoms with Crippen LogP contribution in [0.4, 0.5) is 0 Å². The Balaban J connectivity index is 2.02. The van der Waals surface area contributed by atoms with Crippen LogP contribution in [0.25, 0.3) is 0 Å². The summed E-state index contributed by atoms with van der Waals surface area (Å²) in [6.45, 7) is 2.09. The van der Waals surface area contributed by atoms with Gasteiger partial charge in [-0.2, -0.15) is 0 Å². The second kappa shape index (κ2) is 7.11. The molecule has 1 aromatic rings. The Morgan fingerprint density at radius 3 is 2.82 bits per heavy atom. The second-order valence-electron chi connectivity index (χ2n) is 5.27. The Morgan fingerprint density at radius 1 is 1.41 bits per heavy atom. The number of hydrogen-bond donors (Lipinski definition) is 1. The van der Waals surface area contributed by atoms with Gasteiger partial charge in [0.1, 0.15) is 18.3 Å². The first-order valence-corrected chi connectivity index (χ1v) is 7.26. The number of esters is 1. The monoisotopic (exact) mass is 308 g/mol. The maximum absolute atomic E-state index is 12.5. The van der Waals surface area contributed by atoms with Crippen LogP contribution in [0.15, 0.2) is 23.0 Å². The third kappa shape index (κ3) is 3.47. The molecule has 0 aromatic carbocycles. The number of amides is 2. The van der Waals surface area contributed by atoms with Crippen molar-refractivity contribution in [2.75, 3.05) is 13.7 Å². The molecule has 2 heterocycles. The van der Waals surface area contributed by atoms with Crippen LogP contribution in [0.2, 0.25) is 0 Å². The van der Waals surface area contributed by atoms with E-state index in [1.54, 1.807) is 6.92 Å². The zero-order valence-corrected chi connectivity index (χ0v) is 12.7. The molecule has 2 amide bonds. The third-order valence-corrected chi connectivity index (χ3v) is 3.76. The van der Waals surface area contributed by atoms with Gasteiger partial charge < -0.3 is 19.4 Å². The minimum atomic E-state index is -0.729. The summed E-state index contributed by atoms with van der Waals surface area (Å²) in [6.07, 6.45) is 4.99. The van der Waals surface area contributed by atoms with Crippen molar-refractivity contribution in [3.05, 3.63) is 24.2 Å². The van der Waals surface area contributed by atoms with E-state index in [-0.39, 0.29) is 11.8 Å². The molecule has 1 N–H and O–H groups in total. The minimum Gasteiger partial charge on any atom is -0.472 e. The van der Waals surface area contributed by atoms with Crippen LogP contribution in [0.1, 0.15) is 36.5 Å². The number of ether oxygens (including phenoxy) is 1. The van der Waals surface area contributed by atoms with Gasteiger partial charge in [-0.25, -0.2) is 4.79 Å². The third-order valence-electron chi connectivity index (χ3n) is 3.76. The molecular formula is C15H20N2O5. The van der Waals surface area contributed by atoms with Crippen LogP contribution in [0.3, 0.4) is 0 Å². The van der Waals surface area contributed by atoms with E-state index in [2.05, 4.69) is 5.32 Å². The predicted molar refractivity (Wildman–Crippen MR) is 77.0 cm³/mol. The molecule has 0 bridgehead atoms. The van der Waals surface area contributed by atoms with Crippen molar-refractivity contribution in [3.8, 4) is 0 Å². The first-order chi connectivity index (χ1) is 10.5. The van der Waals surface area contributed by atoms with Crippen LogP contribution >= 0.6 is 0 Å². The van der Waals surface area contributed by atoms with Crippen molar-refractivity contribution in [2.24, 2.45) is 0 Å². The maximum atomic E-state index is 12.5. The molecule has 120 valence electrons. The Morgan fingerprint density at radius 2 is 2.18 bits per heavy atom. The Bertz CT molecular complexity index is 540. The van der Waals surface area contributed by atoms with Gasteiger partial charge in [0.05, 0.1) is 18.9 Å². The molecule has 22 heavy (non-hydrogen) atoms. The molecule has 0 radical (unpaired) electrons.